The fourth-order valence-corrected chi connectivity index (χ4v) is 3.20. The van der Waals surface area contributed by atoms with E-state index >= 15 is 0 Å². The molecule has 0 fully saturated rings. The number of aryl methyl sites for hydroxylation is 1. The average molecular weight is 408 g/mol. The molecule has 3 aromatic carbocycles. The molecule has 0 aromatic heterocycles. The Balaban J connectivity index is 1.70. The summed E-state index contributed by atoms with van der Waals surface area (Å²) in [6.07, 6.45) is 0.276. The Morgan fingerprint density at radius 2 is 1.60 bits per heavy atom. The molecule has 0 saturated heterocycles. The van der Waals surface area contributed by atoms with Gasteiger partial charge < -0.3 is 10.6 Å². The molecule has 2 N–H and O–H groups in total. The first kappa shape index (κ1) is 21.2. The second-order valence-corrected chi connectivity index (χ2v) is 7.01. The monoisotopic (exact) mass is 408 g/mol. The third-order valence-electron chi connectivity index (χ3n) is 4.71. The number of rotatable bonds is 7. The lowest BCUT2D eigenvalue weighted by atomic mass is 9.98. The molecule has 1 atom stereocenters. The van der Waals surface area contributed by atoms with Gasteiger partial charge >= 0.3 is 0 Å². The molecule has 0 spiro atoms. The highest BCUT2D eigenvalue weighted by atomic mass is 19.1. The third-order valence-corrected chi connectivity index (χ3v) is 4.71. The Morgan fingerprint density at radius 1 is 0.900 bits per heavy atom. The molecule has 30 heavy (non-hydrogen) atoms. The van der Waals surface area contributed by atoms with E-state index in [1.54, 1.807) is 36.4 Å². The Morgan fingerprint density at radius 3 is 2.30 bits per heavy atom. The van der Waals surface area contributed by atoms with Gasteiger partial charge in [0.15, 0.2) is 0 Å². The van der Waals surface area contributed by atoms with Gasteiger partial charge in [-0.15, -0.1) is 0 Å². The van der Waals surface area contributed by atoms with Crippen molar-refractivity contribution >= 4 is 11.8 Å². The number of hydrogen-bond acceptors (Lipinski definition) is 2. The number of nitrogens with one attached hydrogen (secondary N) is 2. The van der Waals surface area contributed by atoms with Crippen LogP contribution in [0.3, 0.4) is 0 Å². The largest absolute Gasteiger partial charge is 0.347 e. The second kappa shape index (κ2) is 9.78. The molecule has 6 heteroatoms. The number of hydrogen-bond donors (Lipinski definition) is 2. The van der Waals surface area contributed by atoms with Crippen LogP contribution in [0.2, 0.25) is 0 Å². The lowest BCUT2D eigenvalue weighted by Gasteiger charge is -2.20. The van der Waals surface area contributed by atoms with Gasteiger partial charge in [-0.25, -0.2) is 8.78 Å². The predicted molar refractivity (Wildman–Crippen MR) is 111 cm³/mol. The van der Waals surface area contributed by atoms with E-state index in [9.17, 15) is 18.4 Å². The van der Waals surface area contributed by atoms with E-state index in [1.165, 1.54) is 24.3 Å². The van der Waals surface area contributed by atoms with E-state index < -0.39 is 17.8 Å². The highest BCUT2D eigenvalue weighted by Crippen LogP contribution is 2.20. The average Bonchev–Trinajstić information content (AvgIpc) is 2.72. The minimum Gasteiger partial charge on any atom is -0.347 e. The summed E-state index contributed by atoms with van der Waals surface area (Å²) in [7, 11) is 0. The van der Waals surface area contributed by atoms with Crippen molar-refractivity contribution in [1.29, 1.82) is 0 Å². The number of carbonyl (C=O) groups is 2. The van der Waals surface area contributed by atoms with Gasteiger partial charge in [0.1, 0.15) is 11.6 Å². The van der Waals surface area contributed by atoms with Crippen molar-refractivity contribution < 1.29 is 18.4 Å². The molecule has 0 aliphatic carbocycles. The maximum atomic E-state index is 13.7. The van der Waals surface area contributed by atoms with Gasteiger partial charge in [0.2, 0.25) is 5.91 Å². The summed E-state index contributed by atoms with van der Waals surface area (Å²) in [4.78, 5) is 24.8. The van der Waals surface area contributed by atoms with Crippen LogP contribution in [0.4, 0.5) is 8.78 Å². The fraction of sp³-hybridized carbons (Fsp3) is 0.167. The summed E-state index contributed by atoms with van der Waals surface area (Å²) in [5.41, 5.74) is 2.51. The van der Waals surface area contributed by atoms with E-state index in [2.05, 4.69) is 10.6 Å². The Hall–Kier alpha value is -3.54. The molecule has 0 unspecified atom stereocenters. The van der Waals surface area contributed by atoms with Crippen LogP contribution < -0.4 is 10.6 Å². The summed E-state index contributed by atoms with van der Waals surface area (Å²) in [6.45, 7) is 1.58. The van der Waals surface area contributed by atoms with Crippen molar-refractivity contribution in [1.82, 2.24) is 10.6 Å². The molecule has 3 aromatic rings. The number of amides is 2. The van der Waals surface area contributed by atoms with Crippen LogP contribution in [0, 0.1) is 18.6 Å². The van der Waals surface area contributed by atoms with Crippen LogP contribution in [0.25, 0.3) is 0 Å². The van der Waals surface area contributed by atoms with Gasteiger partial charge in [-0.1, -0.05) is 42.5 Å². The normalized spacial score (nSPS) is 11.6. The van der Waals surface area contributed by atoms with Crippen molar-refractivity contribution in [2.45, 2.75) is 19.4 Å². The fourth-order valence-electron chi connectivity index (χ4n) is 3.20. The predicted octanol–water partition coefficient (Wildman–Crippen LogP) is 4.10. The molecular formula is C24H22F2N2O2. The van der Waals surface area contributed by atoms with Crippen molar-refractivity contribution in [3.63, 3.8) is 0 Å². The van der Waals surface area contributed by atoms with Crippen LogP contribution in [-0.2, 0) is 11.2 Å². The lowest BCUT2D eigenvalue weighted by molar-refractivity contribution is -0.120. The van der Waals surface area contributed by atoms with Crippen LogP contribution in [-0.4, -0.2) is 18.4 Å². The first-order valence-electron chi connectivity index (χ1n) is 9.55. The zero-order valence-corrected chi connectivity index (χ0v) is 16.5. The van der Waals surface area contributed by atoms with Crippen LogP contribution in [0.5, 0.6) is 0 Å². The first-order valence-corrected chi connectivity index (χ1v) is 9.55. The van der Waals surface area contributed by atoms with Crippen LogP contribution >= 0.6 is 0 Å². The molecule has 4 nitrogen and oxygen atoms in total. The highest BCUT2D eigenvalue weighted by Gasteiger charge is 2.17. The van der Waals surface area contributed by atoms with Gasteiger partial charge in [-0.05, 0) is 60.4 Å². The number of benzene rings is 3. The van der Waals surface area contributed by atoms with Gasteiger partial charge in [0.25, 0.3) is 5.91 Å². The lowest BCUT2D eigenvalue weighted by Crippen LogP contribution is -2.39. The van der Waals surface area contributed by atoms with E-state index in [-0.39, 0.29) is 24.7 Å². The maximum absolute atomic E-state index is 13.7. The number of carbonyl (C=O) groups excluding carboxylic acids is 2. The maximum Gasteiger partial charge on any atom is 0.251 e. The molecule has 0 aliphatic rings. The molecule has 0 aliphatic heterocycles. The Kier molecular flexibility index (Phi) is 6.91. The first-order chi connectivity index (χ1) is 14.4. The van der Waals surface area contributed by atoms with Crippen molar-refractivity contribution in [2.75, 3.05) is 6.54 Å². The molecule has 0 radical (unpaired) electrons. The van der Waals surface area contributed by atoms with Gasteiger partial charge in [-0.2, -0.15) is 0 Å². The topological polar surface area (TPSA) is 58.2 Å². The zero-order valence-electron chi connectivity index (χ0n) is 16.5. The standard InChI is InChI=1S/C24H22F2N2O2/c1-16-6-2-3-11-21(16)24(30)27-15-23(29)28-22(18-8-5-10-20(26)14-18)13-17-7-4-9-19(25)12-17/h2-12,14,22H,13,15H2,1H3,(H,27,30)(H,28,29)/t22-/m0/s1. The van der Waals surface area contributed by atoms with Crippen molar-refractivity contribution in [3.8, 4) is 0 Å². The van der Waals surface area contributed by atoms with E-state index in [0.29, 0.717) is 16.7 Å². The minimum absolute atomic E-state index is 0.234. The molecular weight excluding hydrogens is 386 g/mol. The van der Waals surface area contributed by atoms with Gasteiger partial charge in [-0.3, -0.25) is 9.59 Å². The summed E-state index contributed by atoms with van der Waals surface area (Å²) in [5.74, 6) is -1.60. The summed E-state index contributed by atoms with van der Waals surface area (Å²) < 4.78 is 27.3. The highest BCUT2D eigenvalue weighted by molar-refractivity contribution is 5.97. The Labute approximate surface area is 173 Å². The second-order valence-electron chi connectivity index (χ2n) is 7.01. The molecule has 0 heterocycles. The summed E-state index contributed by atoms with van der Waals surface area (Å²) in [6, 6.07) is 18.4. The third kappa shape index (κ3) is 5.73. The van der Waals surface area contributed by atoms with Crippen molar-refractivity contribution in [2.24, 2.45) is 0 Å². The van der Waals surface area contributed by atoms with Crippen molar-refractivity contribution in [3.05, 3.63) is 107 Å². The number of halogens is 2. The van der Waals surface area contributed by atoms with Gasteiger partial charge in [0.05, 0.1) is 12.6 Å². The van der Waals surface area contributed by atoms with E-state index in [4.69, 9.17) is 0 Å². The Bertz CT molecular complexity index is 1050. The molecule has 0 bridgehead atoms. The van der Waals surface area contributed by atoms with Gasteiger partial charge in [0, 0.05) is 5.56 Å². The molecule has 3 rings (SSSR count). The summed E-state index contributed by atoms with van der Waals surface area (Å²) >= 11 is 0. The SMILES string of the molecule is Cc1ccccc1C(=O)NCC(=O)N[C@@H](Cc1cccc(F)c1)c1cccc(F)c1. The molecule has 0 saturated carbocycles. The zero-order chi connectivity index (χ0) is 21.5. The van der Waals surface area contributed by atoms with E-state index in [1.807, 2.05) is 19.1 Å². The quantitative estimate of drug-likeness (QED) is 0.618. The molecule has 2 amide bonds. The van der Waals surface area contributed by atoms with E-state index in [0.717, 1.165) is 5.56 Å². The van der Waals surface area contributed by atoms with Crippen LogP contribution in [0.15, 0.2) is 72.8 Å². The molecule has 154 valence electrons. The summed E-state index contributed by atoms with van der Waals surface area (Å²) in [5, 5.41) is 5.40. The minimum atomic E-state index is -0.578. The smallest absolute Gasteiger partial charge is 0.251 e. The van der Waals surface area contributed by atoms with Crippen LogP contribution in [0.1, 0.15) is 33.1 Å².